The molecule has 6 heteroatoms. The van der Waals surface area contributed by atoms with Gasteiger partial charge in [0.05, 0.1) is 12.8 Å². The van der Waals surface area contributed by atoms with Crippen molar-refractivity contribution in [2.45, 2.75) is 23.3 Å². The van der Waals surface area contributed by atoms with Crippen LogP contribution in [0.1, 0.15) is 34.5 Å². The summed E-state index contributed by atoms with van der Waals surface area (Å²) in [5, 5.41) is -0.441. The average molecular weight is 391 g/mol. The van der Waals surface area contributed by atoms with Crippen molar-refractivity contribution >= 4 is 37.2 Å². The van der Waals surface area contributed by atoms with E-state index in [1.165, 1.54) is 0 Å². The van der Waals surface area contributed by atoms with Gasteiger partial charge >= 0.3 is 11.9 Å². The highest BCUT2D eigenvalue weighted by Gasteiger charge is 2.15. The van der Waals surface area contributed by atoms with Crippen LogP contribution in [0.4, 0.5) is 0 Å². The van der Waals surface area contributed by atoms with Crippen LogP contribution >= 0.6 is 25.3 Å². The number of carbonyl (C=O) groups is 2. The Morgan fingerprint density at radius 2 is 1.04 bits per heavy atom. The quantitative estimate of drug-likeness (QED) is 0.383. The first-order valence-electron chi connectivity index (χ1n) is 8.33. The van der Waals surface area contributed by atoms with E-state index in [4.69, 9.17) is 9.47 Å². The molecule has 0 aliphatic rings. The van der Waals surface area contributed by atoms with Crippen LogP contribution < -0.4 is 0 Å². The van der Waals surface area contributed by atoms with Crippen molar-refractivity contribution < 1.29 is 19.1 Å². The molecule has 0 N–H and O–H groups in total. The molecule has 0 aliphatic carbocycles. The number of hydrogen-bond acceptors (Lipinski definition) is 6. The van der Waals surface area contributed by atoms with E-state index in [1.54, 1.807) is 0 Å². The molecule has 0 fully saturated rings. The Labute approximate surface area is 164 Å². The third-order valence-corrected chi connectivity index (χ3v) is 4.66. The van der Waals surface area contributed by atoms with E-state index >= 15 is 0 Å². The van der Waals surface area contributed by atoms with Crippen LogP contribution in [0, 0.1) is 0 Å². The maximum Gasteiger partial charge on any atom is 0.307 e. The Morgan fingerprint density at radius 1 is 0.692 bits per heavy atom. The summed E-state index contributed by atoms with van der Waals surface area (Å²) in [6, 6.07) is 19.0. The molecule has 0 spiro atoms. The standard InChI is InChI=1S/C20H22O4S2/c21-19(13-17(25)15-7-3-1-4-8-15)23-11-12-24-20(22)14-18(26)16-9-5-2-6-10-16/h1-10,17-18,25-26H,11-14H2. The first-order valence-corrected chi connectivity index (χ1v) is 9.37. The van der Waals surface area contributed by atoms with Crippen molar-refractivity contribution in [3.05, 3.63) is 71.8 Å². The third-order valence-electron chi connectivity index (χ3n) is 3.70. The summed E-state index contributed by atoms with van der Waals surface area (Å²) in [6.45, 7) is 0.0604. The van der Waals surface area contributed by atoms with E-state index in [9.17, 15) is 9.59 Å². The molecule has 2 aromatic carbocycles. The fourth-order valence-corrected chi connectivity index (χ4v) is 2.97. The van der Waals surface area contributed by atoms with Gasteiger partial charge in [-0.3, -0.25) is 9.59 Å². The van der Waals surface area contributed by atoms with Gasteiger partial charge in [0.25, 0.3) is 0 Å². The second kappa shape index (κ2) is 10.9. The molecule has 2 rings (SSSR count). The molecule has 2 atom stereocenters. The molecule has 0 radical (unpaired) electrons. The van der Waals surface area contributed by atoms with Gasteiger partial charge in [-0.1, -0.05) is 60.7 Å². The fourth-order valence-electron chi connectivity index (χ4n) is 2.33. The molecule has 0 heterocycles. The van der Waals surface area contributed by atoms with Gasteiger partial charge in [-0.05, 0) is 11.1 Å². The van der Waals surface area contributed by atoms with Gasteiger partial charge in [-0.25, -0.2) is 0 Å². The van der Waals surface area contributed by atoms with Crippen LogP contribution in [0.5, 0.6) is 0 Å². The van der Waals surface area contributed by atoms with E-state index in [0.717, 1.165) is 11.1 Å². The first-order chi connectivity index (χ1) is 12.6. The minimum absolute atomic E-state index is 0.0302. The lowest BCUT2D eigenvalue weighted by molar-refractivity contribution is -0.152. The summed E-state index contributed by atoms with van der Waals surface area (Å²) in [6.07, 6.45) is 0.321. The Morgan fingerprint density at radius 3 is 1.38 bits per heavy atom. The summed E-state index contributed by atoms with van der Waals surface area (Å²) in [5.41, 5.74) is 1.92. The monoisotopic (exact) mass is 390 g/mol. The minimum atomic E-state index is -0.374. The molecule has 0 amide bonds. The van der Waals surface area contributed by atoms with E-state index in [0.29, 0.717) is 0 Å². The van der Waals surface area contributed by atoms with Crippen LogP contribution in [-0.2, 0) is 19.1 Å². The summed E-state index contributed by atoms with van der Waals surface area (Å²) in [7, 11) is 0. The number of rotatable bonds is 9. The highest BCUT2D eigenvalue weighted by atomic mass is 32.1. The highest BCUT2D eigenvalue weighted by molar-refractivity contribution is 7.80. The molecular formula is C20H22O4S2. The zero-order valence-corrected chi connectivity index (χ0v) is 16.1. The largest absolute Gasteiger partial charge is 0.462 e. The lowest BCUT2D eigenvalue weighted by atomic mass is 10.1. The van der Waals surface area contributed by atoms with Gasteiger partial charge < -0.3 is 9.47 Å². The molecule has 0 saturated heterocycles. The smallest absolute Gasteiger partial charge is 0.307 e. The van der Waals surface area contributed by atoms with Crippen LogP contribution in [0.15, 0.2) is 60.7 Å². The molecule has 2 unspecified atom stereocenters. The molecule has 26 heavy (non-hydrogen) atoms. The molecule has 2 aromatic rings. The second-order valence-electron chi connectivity index (χ2n) is 5.70. The molecule has 138 valence electrons. The summed E-state index contributed by atoms with van der Waals surface area (Å²) >= 11 is 8.83. The van der Waals surface area contributed by atoms with Crippen molar-refractivity contribution in [2.24, 2.45) is 0 Å². The number of ether oxygens (including phenoxy) is 2. The average Bonchev–Trinajstić information content (AvgIpc) is 2.66. The summed E-state index contributed by atoms with van der Waals surface area (Å²) in [5.74, 6) is -0.748. The van der Waals surface area contributed by atoms with Crippen LogP contribution in [-0.4, -0.2) is 25.2 Å². The van der Waals surface area contributed by atoms with Gasteiger partial charge in [0.15, 0.2) is 0 Å². The third kappa shape index (κ3) is 7.14. The second-order valence-corrected chi connectivity index (χ2v) is 6.95. The summed E-state index contributed by atoms with van der Waals surface area (Å²) < 4.78 is 10.2. The predicted octanol–water partition coefficient (Wildman–Crippen LogP) is 4.20. The molecule has 0 aromatic heterocycles. The Balaban J connectivity index is 1.62. The maximum atomic E-state index is 11.8. The minimum Gasteiger partial charge on any atom is -0.462 e. The van der Waals surface area contributed by atoms with Crippen LogP contribution in [0.3, 0.4) is 0 Å². The Hall–Kier alpha value is -1.92. The van der Waals surface area contributed by atoms with Gasteiger partial charge in [0.1, 0.15) is 13.2 Å². The molecule has 0 aliphatic heterocycles. The molecular weight excluding hydrogens is 368 g/mol. The van der Waals surface area contributed by atoms with Gasteiger partial charge in [-0.2, -0.15) is 25.3 Å². The highest BCUT2D eigenvalue weighted by Crippen LogP contribution is 2.24. The number of hydrogen-bond donors (Lipinski definition) is 2. The SMILES string of the molecule is O=C(CC(S)c1ccccc1)OCCOC(=O)CC(S)c1ccccc1. The zero-order valence-electron chi connectivity index (χ0n) is 14.3. The summed E-state index contributed by atoms with van der Waals surface area (Å²) in [4.78, 5) is 23.6. The first kappa shape index (κ1) is 20.4. The Bertz CT molecular complexity index is 630. The zero-order chi connectivity index (χ0) is 18.8. The van der Waals surface area contributed by atoms with E-state index < -0.39 is 0 Å². The molecule has 0 bridgehead atoms. The lowest BCUT2D eigenvalue weighted by Gasteiger charge is -2.12. The number of thiol groups is 2. The van der Waals surface area contributed by atoms with Gasteiger partial charge in [-0.15, -0.1) is 0 Å². The van der Waals surface area contributed by atoms with Crippen molar-refractivity contribution in [1.29, 1.82) is 0 Å². The number of esters is 2. The van der Waals surface area contributed by atoms with Crippen molar-refractivity contribution in [1.82, 2.24) is 0 Å². The van der Waals surface area contributed by atoms with Gasteiger partial charge in [0.2, 0.25) is 0 Å². The molecule has 0 saturated carbocycles. The van der Waals surface area contributed by atoms with E-state index in [-0.39, 0.29) is 48.5 Å². The van der Waals surface area contributed by atoms with Crippen molar-refractivity contribution in [2.75, 3.05) is 13.2 Å². The van der Waals surface area contributed by atoms with E-state index in [1.807, 2.05) is 60.7 Å². The van der Waals surface area contributed by atoms with Gasteiger partial charge in [0, 0.05) is 10.5 Å². The van der Waals surface area contributed by atoms with E-state index in [2.05, 4.69) is 25.3 Å². The predicted molar refractivity (Wildman–Crippen MR) is 107 cm³/mol. The maximum absolute atomic E-state index is 11.8. The number of carbonyl (C=O) groups excluding carboxylic acids is 2. The van der Waals surface area contributed by atoms with Crippen LogP contribution in [0.2, 0.25) is 0 Å². The van der Waals surface area contributed by atoms with Crippen molar-refractivity contribution in [3.63, 3.8) is 0 Å². The van der Waals surface area contributed by atoms with Crippen molar-refractivity contribution in [3.8, 4) is 0 Å². The lowest BCUT2D eigenvalue weighted by Crippen LogP contribution is -2.15. The fraction of sp³-hybridized carbons (Fsp3) is 0.300. The normalized spacial score (nSPS) is 12.8. The topological polar surface area (TPSA) is 52.6 Å². The van der Waals surface area contributed by atoms with Crippen LogP contribution in [0.25, 0.3) is 0 Å². The number of benzene rings is 2. The Kier molecular flexibility index (Phi) is 8.58. The molecule has 4 nitrogen and oxygen atoms in total.